The number of imide groups is 1. The van der Waals surface area contributed by atoms with Crippen LogP contribution >= 0.6 is 0 Å². The molecule has 0 aromatic carbocycles. The summed E-state index contributed by atoms with van der Waals surface area (Å²) in [6.07, 6.45) is 3.30. The van der Waals surface area contributed by atoms with E-state index < -0.39 is 35.6 Å². The zero-order valence-electron chi connectivity index (χ0n) is 14.9. The van der Waals surface area contributed by atoms with E-state index in [2.05, 4.69) is 18.5 Å². The molecule has 3 amide bonds. The van der Waals surface area contributed by atoms with Crippen molar-refractivity contribution in [3.05, 3.63) is 56.8 Å². The van der Waals surface area contributed by atoms with Crippen LogP contribution in [-0.4, -0.2) is 31.7 Å². The second-order valence-corrected chi connectivity index (χ2v) is 5.56. The summed E-state index contributed by atoms with van der Waals surface area (Å²) in [6.45, 7) is 9.55. The Kier molecular flexibility index (Phi) is 7.51. The molecule has 0 saturated carbocycles. The Morgan fingerprint density at radius 1 is 1.00 bits per heavy atom. The molecule has 0 bridgehead atoms. The van der Waals surface area contributed by atoms with Crippen molar-refractivity contribution in [3.63, 3.8) is 0 Å². The highest BCUT2D eigenvalue weighted by atomic mass is 16.2. The average molecular weight is 365 g/mol. The standard InChI is InChI=1S/C16H23N5O5/c1-5-8-19-14(24)20(9-6-2)16(26)21(15(19)25)10-12(22)18-13(23)17-11(4)7-3/h5-6,11H,1-2,7-10H2,3-4H3,(H2,17,18,22,23)/t11-/m0/s1. The third kappa shape index (κ3) is 4.91. The van der Waals surface area contributed by atoms with Crippen molar-refractivity contribution in [1.29, 1.82) is 0 Å². The van der Waals surface area contributed by atoms with Gasteiger partial charge in [-0.25, -0.2) is 32.9 Å². The van der Waals surface area contributed by atoms with E-state index in [1.54, 1.807) is 6.92 Å². The smallest absolute Gasteiger partial charge is 0.335 e. The number of urea groups is 1. The van der Waals surface area contributed by atoms with Crippen LogP contribution in [0.25, 0.3) is 0 Å². The van der Waals surface area contributed by atoms with Crippen LogP contribution in [0.3, 0.4) is 0 Å². The highest BCUT2D eigenvalue weighted by Crippen LogP contribution is 1.87. The number of hydrogen-bond donors (Lipinski definition) is 2. The minimum absolute atomic E-state index is 0.134. The van der Waals surface area contributed by atoms with Gasteiger partial charge in [0.25, 0.3) is 0 Å². The first-order valence-electron chi connectivity index (χ1n) is 8.03. The molecule has 142 valence electrons. The Bertz CT molecular complexity index is 828. The number of nitrogens with one attached hydrogen (secondary N) is 2. The van der Waals surface area contributed by atoms with E-state index in [4.69, 9.17) is 0 Å². The van der Waals surface area contributed by atoms with Gasteiger partial charge in [-0.3, -0.25) is 10.1 Å². The summed E-state index contributed by atoms with van der Waals surface area (Å²) < 4.78 is 2.12. The molecule has 0 unspecified atom stereocenters. The molecule has 0 aliphatic carbocycles. The SMILES string of the molecule is C=CCn1c(=O)n(CC=C)c(=O)n(CC(=O)NC(=O)N[C@@H](C)CC)c1=O. The van der Waals surface area contributed by atoms with Crippen LogP contribution in [0, 0.1) is 0 Å². The summed E-state index contributed by atoms with van der Waals surface area (Å²) in [5.74, 6) is -0.862. The van der Waals surface area contributed by atoms with Gasteiger partial charge in [0.15, 0.2) is 0 Å². The molecule has 2 N–H and O–H groups in total. The zero-order valence-corrected chi connectivity index (χ0v) is 14.9. The van der Waals surface area contributed by atoms with Crippen molar-refractivity contribution in [2.24, 2.45) is 0 Å². The van der Waals surface area contributed by atoms with Crippen molar-refractivity contribution in [2.75, 3.05) is 0 Å². The van der Waals surface area contributed by atoms with E-state index in [-0.39, 0.29) is 19.1 Å². The minimum atomic E-state index is -0.960. The summed E-state index contributed by atoms with van der Waals surface area (Å²) in [4.78, 5) is 60.6. The van der Waals surface area contributed by atoms with E-state index in [1.165, 1.54) is 12.2 Å². The number of rotatable bonds is 8. The van der Waals surface area contributed by atoms with Crippen LogP contribution in [0.2, 0.25) is 0 Å². The predicted molar refractivity (Wildman–Crippen MR) is 96.0 cm³/mol. The van der Waals surface area contributed by atoms with Crippen LogP contribution in [-0.2, 0) is 24.4 Å². The molecule has 0 aliphatic rings. The number of allylic oxidation sites excluding steroid dienone is 2. The monoisotopic (exact) mass is 365 g/mol. The van der Waals surface area contributed by atoms with E-state index in [0.717, 1.165) is 9.13 Å². The van der Waals surface area contributed by atoms with Crippen LogP contribution in [0.4, 0.5) is 4.79 Å². The highest BCUT2D eigenvalue weighted by Gasteiger charge is 2.18. The van der Waals surface area contributed by atoms with Crippen molar-refractivity contribution >= 4 is 11.9 Å². The Morgan fingerprint density at radius 2 is 1.46 bits per heavy atom. The largest absolute Gasteiger partial charge is 0.337 e. The Labute approximate surface area is 149 Å². The molecule has 1 aromatic heterocycles. The van der Waals surface area contributed by atoms with Gasteiger partial charge in [-0.15, -0.1) is 13.2 Å². The van der Waals surface area contributed by atoms with Gasteiger partial charge < -0.3 is 5.32 Å². The van der Waals surface area contributed by atoms with Crippen molar-refractivity contribution in [2.45, 2.75) is 45.9 Å². The Balaban J connectivity index is 3.21. The third-order valence-corrected chi connectivity index (χ3v) is 3.55. The van der Waals surface area contributed by atoms with Gasteiger partial charge in [-0.2, -0.15) is 0 Å². The second kappa shape index (κ2) is 9.35. The van der Waals surface area contributed by atoms with Gasteiger partial charge >= 0.3 is 23.1 Å². The molecule has 0 fully saturated rings. The molecule has 0 saturated heterocycles. The molecular formula is C16H23N5O5. The van der Waals surface area contributed by atoms with Gasteiger partial charge in [-0.1, -0.05) is 19.1 Å². The lowest BCUT2D eigenvalue weighted by Crippen LogP contribution is -2.56. The normalized spacial score (nSPS) is 11.5. The summed E-state index contributed by atoms with van der Waals surface area (Å²) >= 11 is 0. The van der Waals surface area contributed by atoms with Crippen LogP contribution in [0.15, 0.2) is 39.7 Å². The molecule has 10 heteroatoms. The quantitative estimate of drug-likeness (QED) is 0.582. The average Bonchev–Trinajstić information content (AvgIpc) is 2.59. The van der Waals surface area contributed by atoms with E-state index in [9.17, 15) is 24.0 Å². The van der Waals surface area contributed by atoms with Crippen molar-refractivity contribution < 1.29 is 9.59 Å². The number of carbonyl (C=O) groups is 2. The molecule has 1 atom stereocenters. The second-order valence-electron chi connectivity index (χ2n) is 5.56. The fourth-order valence-electron chi connectivity index (χ4n) is 2.06. The first kappa shape index (κ1) is 20.9. The van der Waals surface area contributed by atoms with Crippen LogP contribution in [0.5, 0.6) is 0 Å². The lowest BCUT2D eigenvalue weighted by molar-refractivity contribution is -0.120. The lowest BCUT2D eigenvalue weighted by atomic mass is 10.3. The molecule has 1 aromatic rings. The summed E-state index contributed by atoms with van der Waals surface area (Å²) in [5, 5.41) is 4.57. The first-order chi connectivity index (χ1) is 12.3. The Hall–Kier alpha value is -3.17. The molecule has 1 rings (SSSR count). The Morgan fingerprint density at radius 3 is 1.88 bits per heavy atom. The molecular weight excluding hydrogens is 342 g/mol. The maximum Gasteiger partial charge on any atom is 0.337 e. The number of aromatic nitrogens is 3. The number of amides is 3. The fraction of sp³-hybridized carbons (Fsp3) is 0.438. The van der Waals surface area contributed by atoms with Crippen LogP contribution < -0.4 is 27.7 Å². The van der Waals surface area contributed by atoms with Crippen molar-refractivity contribution in [1.82, 2.24) is 24.3 Å². The molecule has 10 nitrogen and oxygen atoms in total. The van der Waals surface area contributed by atoms with E-state index in [1.807, 2.05) is 12.2 Å². The summed E-state index contributed by atoms with van der Waals surface area (Å²) in [6, 6.07) is -0.881. The fourth-order valence-corrected chi connectivity index (χ4v) is 2.06. The van der Waals surface area contributed by atoms with Gasteiger partial charge in [0.2, 0.25) is 5.91 Å². The van der Waals surface area contributed by atoms with Gasteiger partial charge in [-0.05, 0) is 13.3 Å². The number of nitrogens with zero attached hydrogens (tertiary/aromatic N) is 3. The molecule has 0 spiro atoms. The molecule has 0 aliphatic heterocycles. The number of hydrogen-bond acceptors (Lipinski definition) is 5. The third-order valence-electron chi connectivity index (χ3n) is 3.55. The summed E-state index contributed by atoms with van der Waals surface area (Å²) in [5.41, 5.74) is -2.75. The molecule has 1 heterocycles. The molecule has 0 radical (unpaired) electrons. The van der Waals surface area contributed by atoms with E-state index in [0.29, 0.717) is 11.0 Å². The predicted octanol–water partition coefficient (Wildman–Crippen LogP) is -0.832. The van der Waals surface area contributed by atoms with Gasteiger partial charge in [0, 0.05) is 6.04 Å². The first-order valence-corrected chi connectivity index (χ1v) is 8.03. The summed E-state index contributed by atoms with van der Waals surface area (Å²) in [7, 11) is 0. The maximum absolute atomic E-state index is 12.4. The van der Waals surface area contributed by atoms with Gasteiger partial charge in [0.05, 0.1) is 13.1 Å². The van der Waals surface area contributed by atoms with E-state index >= 15 is 0 Å². The van der Waals surface area contributed by atoms with Gasteiger partial charge in [0.1, 0.15) is 6.54 Å². The topological polar surface area (TPSA) is 124 Å². The highest BCUT2D eigenvalue weighted by molar-refractivity contribution is 5.94. The zero-order chi connectivity index (χ0) is 19.9. The lowest BCUT2D eigenvalue weighted by Gasteiger charge is -2.13. The van der Waals surface area contributed by atoms with Crippen molar-refractivity contribution in [3.8, 4) is 0 Å². The maximum atomic E-state index is 12.4. The minimum Gasteiger partial charge on any atom is -0.335 e. The molecule has 26 heavy (non-hydrogen) atoms. The van der Waals surface area contributed by atoms with Crippen LogP contribution in [0.1, 0.15) is 20.3 Å². The number of carbonyl (C=O) groups excluding carboxylic acids is 2.